The first kappa shape index (κ1) is 16.3. The van der Waals surface area contributed by atoms with Gasteiger partial charge in [0, 0.05) is 0 Å². The molecule has 0 aliphatic rings. The van der Waals surface area contributed by atoms with E-state index in [4.69, 9.17) is 4.52 Å². The summed E-state index contributed by atoms with van der Waals surface area (Å²) in [7, 11) is 0. The Kier molecular flexibility index (Phi) is 5.01. The van der Waals surface area contributed by atoms with Crippen LogP contribution in [0.2, 0.25) is 0 Å². The van der Waals surface area contributed by atoms with Crippen LogP contribution in [0.25, 0.3) is 0 Å². The lowest BCUT2D eigenvalue weighted by Gasteiger charge is -2.18. The molecule has 1 amide bonds. The third kappa shape index (κ3) is 3.38. The number of hydrogen-bond donors (Lipinski definition) is 1. The molecule has 1 aromatic carbocycles. The number of aromatic nitrogens is 1. The average Bonchev–Trinajstić information content (AvgIpc) is 2.84. The van der Waals surface area contributed by atoms with Crippen LogP contribution >= 0.6 is 0 Å². The van der Waals surface area contributed by atoms with Crippen molar-refractivity contribution in [2.24, 2.45) is 0 Å². The third-order valence-corrected chi connectivity index (χ3v) is 3.98. The second kappa shape index (κ2) is 6.77. The third-order valence-electron chi connectivity index (χ3n) is 3.98. The molecule has 1 N–H and O–H groups in total. The van der Waals surface area contributed by atoms with Gasteiger partial charge in [-0.2, -0.15) is 0 Å². The van der Waals surface area contributed by atoms with E-state index in [0.717, 1.165) is 12.0 Å². The van der Waals surface area contributed by atoms with Gasteiger partial charge in [0.05, 0.1) is 11.7 Å². The van der Waals surface area contributed by atoms with Gasteiger partial charge in [-0.1, -0.05) is 50.2 Å². The van der Waals surface area contributed by atoms with Gasteiger partial charge in [0.25, 0.3) is 5.91 Å². The van der Waals surface area contributed by atoms with Crippen molar-refractivity contribution < 1.29 is 9.32 Å². The van der Waals surface area contributed by atoms with Gasteiger partial charge in [0.2, 0.25) is 0 Å². The molecule has 0 aliphatic carbocycles. The number of amides is 1. The van der Waals surface area contributed by atoms with Gasteiger partial charge in [-0.3, -0.25) is 4.79 Å². The van der Waals surface area contributed by atoms with E-state index in [1.807, 2.05) is 0 Å². The summed E-state index contributed by atoms with van der Waals surface area (Å²) in [6.07, 6.45) is 0.830. The van der Waals surface area contributed by atoms with E-state index in [2.05, 4.69) is 55.5 Å². The fourth-order valence-electron chi connectivity index (χ4n) is 2.57. The monoisotopic (exact) mass is 300 g/mol. The minimum Gasteiger partial charge on any atom is -0.361 e. The molecule has 1 aromatic heterocycles. The smallest absolute Gasteiger partial charge is 0.257 e. The van der Waals surface area contributed by atoms with Crippen LogP contribution in [0.15, 0.2) is 28.8 Å². The Hall–Kier alpha value is -2.10. The quantitative estimate of drug-likeness (QED) is 0.896. The predicted octanol–water partition coefficient (Wildman–Crippen LogP) is 4.30. The highest BCUT2D eigenvalue weighted by Crippen LogP contribution is 2.22. The number of hydrogen-bond acceptors (Lipinski definition) is 3. The van der Waals surface area contributed by atoms with Gasteiger partial charge in [-0.05, 0) is 37.3 Å². The molecule has 1 heterocycles. The second-order valence-corrected chi connectivity index (χ2v) is 5.95. The molecule has 0 aliphatic heterocycles. The van der Waals surface area contributed by atoms with Gasteiger partial charge >= 0.3 is 0 Å². The van der Waals surface area contributed by atoms with Crippen molar-refractivity contribution >= 4 is 5.91 Å². The fourth-order valence-corrected chi connectivity index (χ4v) is 2.57. The van der Waals surface area contributed by atoms with Crippen molar-refractivity contribution in [1.82, 2.24) is 10.5 Å². The topological polar surface area (TPSA) is 55.1 Å². The lowest BCUT2D eigenvalue weighted by atomic mass is 9.98. The molecule has 1 atom stereocenters. The Morgan fingerprint density at radius 1 is 1.18 bits per heavy atom. The Morgan fingerprint density at radius 2 is 1.77 bits per heavy atom. The fraction of sp³-hybridized carbons (Fsp3) is 0.444. The lowest BCUT2D eigenvalue weighted by molar-refractivity contribution is 0.0933. The number of aryl methyl sites for hydroxylation is 2. The predicted molar refractivity (Wildman–Crippen MR) is 87.0 cm³/mol. The maximum absolute atomic E-state index is 12.5. The number of nitrogens with one attached hydrogen (secondary N) is 1. The first-order chi connectivity index (χ1) is 10.4. The molecule has 22 heavy (non-hydrogen) atoms. The van der Waals surface area contributed by atoms with Crippen LogP contribution in [-0.4, -0.2) is 11.1 Å². The number of nitrogens with zero attached hydrogens (tertiary/aromatic N) is 1. The van der Waals surface area contributed by atoms with E-state index in [-0.39, 0.29) is 11.9 Å². The van der Waals surface area contributed by atoms with Crippen LogP contribution in [0, 0.1) is 13.8 Å². The minimum absolute atomic E-state index is 0.0117. The number of benzene rings is 1. The van der Waals surface area contributed by atoms with Crippen molar-refractivity contribution in [2.75, 3.05) is 0 Å². The Morgan fingerprint density at radius 3 is 2.23 bits per heavy atom. The van der Waals surface area contributed by atoms with Crippen LogP contribution in [-0.2, 0) is 0 Å². The standard InChI is InChI=1S/C18H24N2O2/c1-6-16(15-9-7-14(8-10-15)11(2)3)19-18(21)17-12(4)20-22-13(17)5/h7-11,16H,6H2,1-5H3,(H,19,21)/t16-/m0/s1. The molecular weight excluding hydrogens is 276 g/mol. The highest BCUT2D eigenvalue weighted by Gasteiger charge is 2.20. The van der Waals surface area contributed by atoms with Crippen LogP contribution in [0.1, 0.15) is 72.1 Å². The van der Waals surface area contributed by atoms with Crippen LogP contribution < -0.4 is 5.32 Å². The van der Waals surface area contributed by atoms with E-state index in [1.54, 1.807) is 13.8 Å². The summed E-state index contributed by atoms with van der Waals surface area (Å²) < 4.78 is 5.07. The Balaban J connectivity index is 2.17. The molecule has 0 bridgehead atoms. The van der Waals surface area contributed by atoms with Gasteiger partial charge in [-0.25, -0.2) is 0 Å². The van der Waals surface area contributed by atoms with Gasteiger partial charge in [-0.15, -0.1) is 0 Å². The highest BCUT2D eigenvalue weighted by atomic mass is 16.5. The van der Waals surface area contributed by atoms with Crippen molar-refractivity contribution in [2.45, 2.75) is 53.0 Å². The summed E-state index contributed by atoms with van der Waals surface area (Å²) in [5.41, 5.74) is 3.58. The second-order valence-electron chi connectivity index (χ2n) is 5.95. The highest BCUT2D eigenvalue weighted by molar-refractivity contribution is 5.96. The lowest BCUT2D eigenvalue weighted by Crippen LogP contribution is -2.28. The molecule has 0 spiro atoms. The van der Waals surface area contributed by atoms with Gasteiger partial charge in [0.1, 0.15) is 11.3 Å². The molecule has 0 radical (unpaired) electrons. The minimum atomic E-state index is -0.129. The van der Waals surface area contributed by atoms with Crippen LogP contribution in [0.5, 0.6) is 0 Å². The number of rotatable bonds is 5. The van der Waals surface area contributed by atoms with Gasteiger partial charge in [0.15, 0.2) is 0 Å². The maximum Gasteiger partial charge on any atom is 0.257 e. The summed E-state index contributed by atoms with van der Waals surface area (Å²) in [5.74, 6) is 0.932. The normalized spacial score (nSPS) is 12.5. The van der Waals surface area contributed by atoms with E-state index < -0.39 is 0 Å². The van der Waals surface area contributed by atoms with Crippen molar-refractivity contribution in [3.63, 3.8) is 0 Å². The Labute approximate surface area is 131 Å². The first-order valence-electron chi connectivity index (χ1n) is 7.77. The van der Waals surface area contributed by atoms with Crippen molar-refractivity contribution in [3.05, 3.63) is 52.4 Å². The Bertz CT molecular complexity index is 622. The van der Waals surface area contributed by atoms with Gasteiger partial charge < -0.3 is 9.84 Å². The van der Waals surface area contributed by atoms with Crippen LogP contribution in [0.4, 0.5) is 0 Å². The largest absolute Gasteiger partial charge is 0.361 e. The molecule has 4 nitrogen and oxygen atoms in total. The summed E-state index contributed by atoms with van der Waals surface area (Å²) in [4.78, 5) is 12.5. The SMILES string of the molecule is CC[C@H](NC(=O)c1c(C)noc1C)c1ccc(C(C)C)cc1. The number of carbonyl (C=O) groups excluding carboxylic acids is 1. The molecule has 2 aromatic rings. The summed E-state index contributed by atoms with van der Waals surface area (Å²) in [6.45, 7) is 9.95. The van der Waals surface area contributed by atoms with Crippen molar-refractivity contribution in [3.8, 4) is 0 Å². The first-order valence-corrected chi connectivity index (χ1v) is 7.77. The van der Waals surface area contributed by atoms with Crippen LogP contribution in [0.3, 0.4) is 0 Å². The summed E-state index contributed by atoms with van der Waals surface area (Å²) in [6, 6.07) is 8.44. The average molecular weight is 300 g/mol. The molecule has 0 unspecified atom stereocenters. The van der Waals surface area contributed by atoms with Crippen molar-refractivity contribution in [1.29, 1.82) is 0 Å². The molecule has 118 valence electrons. The summed E-state index contributed by atoms with van der Waals surface area (Å²) >= 11 is 0. The zero-order valence-corrected chi connectivity index (χ0v) is 13.9. The van der Waals surface area contributed by atoms with E-state index in [1.165, 1.54) is 5.56 Å². The molecule has 2 rings (SSSR count). The zero-order valence-electron chi connectivity index (χ0n) is 13.9. The zero-order chi connectivity index (χ0) is 16.3. The maximum atomic E-state index is 12.5. The molecule has 0 fully saturated rings. The van der Waals surface area contributed by atoms with E-state index in [0.29, 0.717) is 22.9 Å². The molecular formula is C18H24N2O2. The van der Waals surface area contributed by atoms with E-state index in [9.17, 15) is 4.79 Å². The molecule has 0 saturated heterocycles. The number of carbonyl (C=O) groups is 1. The van der Waals surface area contributed by atoms with E-state index >= 15 is 0 Å². The molecule has 0 saturated carbocycles. The molecule has 4 heteroatoms. The summed E-state index contributed by atoms with van der Waals surface area (Å²) in [5, 5.41) is 6.92.